The Hall–Kier alpha value is -2.67. The van der Waals surface area contributed by atoms with Gasteiger partial charge in [0.05, 0.1) is 17.1 Å². The minimum atomic E-state index is -0.290. The molecule has 1 saturated heterocycles. The second-order valence-electron chi connectivity index (χ2n) is 6.99. The summed E-state index contributed by atoms with van der Waals surface area (Å²) >= 11 is 0. The predicted octanol–water partition coefficient (Wildman–Crippen LogP) is 3.05. The number of benzene rings is 1. The minimum Gasteiger partial charge on any atom is -0.338 e. The van der Waals surface area contributed by atoms with Crippen molar-refractivity contribution in [3.8, 4) is 0 Å². The summed E-state index contributed by atoms with van der Waals surface area (Å²) in [5.74, 6) is 0.735. The van der Waals surface area contributed by atoms with Gasteiger partial charge in [0.2, 0.25) is 5.95 Å². The number of hydrogen-bond donors (Lipinski definition) is 2. The van der Waals surface area contributed by atoms with Gasteiger partial charge < -0.3 is 20.4 Å². The molecular weight excluding hydrogens is 340 g/mol. The maximum atomic E-state index is 12.4. The van der Waals surface area contributed by atoms with Crippen LogP contribution in [0.5, 0.6) is 0 Å². The third-order valence-corrected chi connectivity index (χ3v) is 4.90. The first kappa shape index (κ1) is 19.1. The molecule has 0 unspecified atom stereocenters. The second kappa shape index (κ2) is 8.35. The van der Waals surface area contributed by atoms with Crippen LogP contribution in [0.4, 0.5) is 22.1 Å². The molecule has 2 aromatic rings. The molecule has 1 aromatic heterocycles. The van der Waals surface area contributed by atoms with Crippen molar-refractivity contribution in [1.82, 2.24) is 14.9 Å². The largest absolute Gasteiger partial charge is 0.338 e. The summed E-state index contributed by atoms with van der Waals surface area (Å²) in [5, 5.41) is 5.75. The topological polar surface area (TPSA) is 73.4 Å². The van der Waals surface area contributed by atoms with Gasteiger partial charge in [-0.2, -0.15) is 0 Å². The van der Waals surface area contributed by atoms with Gasteiger partial charge in [0.1, 0.15) is 0 Å². The van der Waals surface area contributed by atoms with Gasteiger partial charge in [0, 0.05) is 31.9 Å². The lowest BCUT2D eigenvalue weighted by atomic mass is 10.1. The van der Waals surface area contributed by atoms with E-state index in [4.69, 9.17) is 0 Å². The third-order valence-electron chi connectivity index (χ3n) is 4.90. The molecular formula is C20H28N6O. The standard InChI is InChI=1S/C20H28N6O/c1-5-16-6-8-17(9-7-16)23-20(27)24-18-14(2)21-19(22-15(18)3)26-12-10-25(4)11-13-26/h6-9H,5,10-13H2,1-4H3,(H2,23,24,27). The number of hydrogen-bond acceptors (Lipinski definition) is 5. The van der Waals surface area contributed by atoms with E-state index in [2.05, 4.69) is 44.4 Å². The van der Waals surface area contributed by atoms with Crippen LogP contribution in [-0.2, 0) is 6.42 Å². The van der Waals surface area contributed by atoms with Crippen molar-refractivity contribution in [2.24, 2.45) is 0 Å². The van der Waals surface area contributed by atoms with Crippen LogP contribution in [0, 0.1) is 13.8 Å². The van der Waals surface area contributed by atoms with Crippen molar-refractivity contribution >= 4 is 23.4 Å². The van der Waals surface area contributed by atoms with Gasteiger partial charge in [-0.1, -0.05) is 19.1 Å². The molecule has 0 spiro atoms. The molecule has 1 aliphatic rings. The normalized spacial score (nSPS) is 14.9. The molecule has 0 atom stereocenters. The molecule has 1 aliphatic heterocycles. The lowest BCUT2D eigenvalue weighted by Crippen LogP contribution is -2.45. The van der Waals surface area contributed by atoms with Crippen LogP contribution in [0.25, 0.3) is 0 Å². The highest BCUT2D eigenvalue weighted by molar-refractivity contribution is 6.00. The van der Waals surface area contributed by atoms with Crippen molar-refractivity contribution in [1.29, 1.82) is 0 Å². The first-order chi connectivity index (χ1) is 13.0. The van der Waals surface area contributed by atoms with Crippen molar-refractivity contribution in [2.75, 3.05) is 48.8 Å². The number of nitrogens with one attached hydrogen (secondary N) is 2. The van der Waals surface area contributed by atoms with E-state index in [1.54, 1.807) is 0 Å². The van der Waals surface area contributed by atoms with Crippen LogP contribution in [0.15, 0.2) is 24.3 Å². The third kappa shape index (κ3) is 4.74. The lowest BCUT2D eigenvalue weighted by Gasteiger charge is -2.32. The molecule has 2 N–H and O–H groups in total. The van der Waals surface area contributed by atoms with E-state index >= 15 is 0 Å². The number of aryl methyl sites for hydroxylation is 3. The Labute approximate surface area is 160 Å². The summed E-state index contributed by atoms with van der Waals surface area (Å²) in [6.07, 6.45) is 0.974. The zero-order valence-corrected chi connectivity index (χ0v) is 16.5. The van der Waals surface area contributed by atoms with Gasteiger partial charge in [-0.3, -0.25) is 0 Å². The van der Waals surface area contributed by atoms with E-state index in [1.165, 1.54) is 5.56 Å². The number of piperazine rings is 1. The first-order valence-electron chi connectivity index (χ1n) is 9.42. The van der Waals surface area contributed by atoms with Crippen LogP contribution >= 0.6 is 0 Å². The molecule has 2 amide bonds. The number of carbonyl (C=O) groups excluding carboxylic acids is 1. The van der Waals surface area contributed by atoms with E-state index in [9.17, 15) is 4.79 Å². The molecule has 0 bridgehead atoms. The molecule has 2 heterocycles. The molecule has 7 nitrogen and oxygen atoms in total. The summed E-state index contributed by atoms with van der Waals surface area (Å²) in [6, 6.07) is 7.55. The maximum absolute atomic E-state index is 12.4. The number of aromatic nitrogens is 2. The number of nitrogens with zero attached hydrogens (tertiary/aromatic N) is 4. The smallest absolute Gasteiger partial charge is 0.323 e. The van der Waals surface area contributed by atoms with Crippen molar-refractivity contribution in [2.45, 2.75) is 27.2 Å². The van der Waals surface area contributed by atoms with Crippen LogP contribution in [-0.4, -0.2) is 54.1 Å². The summed E-state index contributed by atoms with van der Waals surface area (Å²) in [5.41, 5.74) is 4.20. The Morgan fingerprint density at radius 1 is 1.00 bits per heavy atom. The minimum absolute atomic E-state index is 0.290. The summed E-state index contributed by atoms with van der Waals surface area (Å²) in [6.45, 7) is 9.74. The molecule has 1 fully saturated rings. The Bertz CT molecular complexity index is 774. The zero-order chi connectivity index (χ0) is 19.4. The van der Waals surface area contributed by atoms with Crippen molar-refractivity contribution in [3.63, 3.8) is 0 Å². The highest BCUT2D eigenvalue weighted by Crippen LogP contribution is 2.21. The van der Waals surface area contributed by atoms with Crippen LogP contribution < -0.4 is 15.5 Å². The zero-order valence-electron chi connectivity index (χ0n) is 16.5. The molecule has 144 valence electrons. The van der Waals surface area contributed by atoms with Gasteiger partial charge in [0.25, 0.3) is 0 Å². The molecule has 0 radical (unpaired) electrons. The average molecular weight is 368 g/mol. The van der Waals surface area contributed by atoms with Crippen LogP contribution in [0.2, 0.25) is 0 Å². The number of likely N-dealkylation sites (N-methyl/N-ethyl adjacent to an activating group) is 1. The Morgan fingerprint density at radius 3 is 2.15 bits per heavy atom. The fourth-order valence-corrected chi connectivity index (χ4v) is 3.13. The fraction of sp³-hybridized carbons (Fsp3) is 0.450. The van der Waals surface area contributed by atoms with Gasteiger partial charge in [-0.25, -0.2) is 14.8 Å². The lowest BCUT2D eigenvalue weighted by molar-refractivity contribution is 0.262. The van der Waals surface area contributed by atoms with Crippen molar-refractivity contribution in [3.05, 3.63) is 41.2 Å². The van der Waals surface area contributed by atoms with E-state index in [0.717, 1.165) is 55.6 Å². The second-order valence-corrected chi connectivity index (χ2v) is 6.99. The maximum Gasteiger partial charge on any atom is 0.323 e. The molecule has 0 aliphatic carbocycles. The summed E-state index contributed by atoms with van der Waals surface area (Å²) in [7, 11) is 2.12. The number of rotatable bonds is 4. The Kier molecular flexibility index (Phi) is 5.91. The fourth-order valence-electron chi connectivity index (χ4n) is 3.13. The quantitative estimate of drug-likeness (QED) is 0.868. The average Bonchev–Trinajstić information content (AvgIpc) is 2.66. The van der Waals surface area contributed by atoms with Gasteiger partial charge >= 0.3 is 6.03 Å². The molecule has 7 heteroatoms. The van der Waals surface area contributed by atoms with Crippen LogP contribution in [0.1, 0.15) is 23.9 Å². The molecule has 27 heavy (non-hydrogen) atoms. The van der Waals surface area contributed by atoms with Crippen molar-refractivity contribution < 1.29 is 4.79 Å². The number of anilines is 3. The van der Waals surface area contributed by atoms with E-state index in [-0.39, 0.29) is 6.03 Å². The molecule has 3 rings (SSSR count). The Balaban J connectivity index is 1.68. The molecule has 0 saturated carbocycles. The highest BCUT2D eigenvalue weighted by Gasteiger charge is 2.19. The van der Waals surface area contributed by atoms with E-state index in [1.807, 2.05) is 38.1 Å². The SMILES string of the molecule is CCc1ccc(NC(=O)Nc2c(C)nc(N3CCN(C)CC3)nc2C)cc1. The first-order valence-corrected chi connectivity index (χ1v) is 9.42. The monoisotopic (exact) mass is 368 g/mol. The molecule has 1 aromatic carbocycles. The van der Waals surface area contributed by atoms with E-state index < -0.39 is 0 Å². The van der Waals surface area contributed by atoms with Gasteiger partial charge in [-0.05, 0) is 45.0 Å². The highest BCUT2D eigenvalue weighted by atomic mass is 16.2. The van der Waals surface area contributed by atoms with Crippen LogP contribution in [0.3, 0.4) is 0 Å². The summed E-state index contributed by atoms with van der Waals surface area (Å²) < 4.78 is 0. The van der Waals surface area contributed by atoms with Gasteiger partial charge in [0.15, 0.2) is 0 Å². The Morgan fingerprint density at radius 2 is 1.59 bits per heavy atom. The summed E-state index contributed by atoms with van der Waals surface area (Å²) in [4.78, 5) is 26.1. The number of urea groups is 1. The van der Waals surface area contributed by atoms with Gasteiger partial charge in [-0.15, -0.1) is 0 Å². The number of amides is 2. The number of carbonyl (C=O) groups is 1. The predicted molar refractivity (Wildman–Crippen MR) is 110 cm³/mol. The van der Waals surface area contributed by atoms with E-state index in [0.29, 0.717) is 5.69 Å².